The van der Waals surface area contributed by atoms with Gasteiger partial charge in [-0.3, -0.25) is 9.69 Å². The Morgan fingerprint density at radius 2 is 1.87 bits per heavy atom. The van der Waals surface area contributed by atoms with Crippen molar-refractivity contribution >= 4 is 68.1 Å². The number of carbonyl (C=O) groups is 1. The topological polar surface area (TPSA) is 20.3 Å². The van der Waals surface area contributed by atoms with E-state index in [1.807, 2.05) is 65.4 Å². The number of hydrogen-bond acceptors (Lipinski definition) is 4. The van der Waals surface area contributed by atoms with Crippen LogP contribution in [0, 0.1) is 0 Å². The van der Waals surface area contributed by atoms with Gasteiger partial charge < -0.3 is 0 Å². The molecule has 0 bridgehead atoms. The first-order chi connectivity index (χ1) is 11.2. The Hall–Kier alpha value is -1.95. The molecule has 2 nitrogen and oxygen atoms in total. The average Bonchev–Trinajstić information content (AvgIpc) is 3.16. The van der Waals surface area contributed by atoms with Crippen molar-refractivity contribution in [2.24, 2.45) is 0 Å². The van der Waals surface area contributed by atoms with Crippen LogP contribution in [-0.2, 0) is 4.79 Å². The van der Waals surface area contributed by atoms with Gasteiger partial charge in [0.1, 0.15) is 0 Å². The average molecular weight is 353 g/mol. The minimum atomic E-state index is -0.0532. The Labute approximate surface area is 147 Å². The smallest absolute Gasteiger partial charge is 0.268 e. The molecule has 0 spiro atoms. The highest BCUT2D eigenvalue weighted by Crippen LogP contribution is 2.38. The fourth-order valence-corrected chi connectivity index (χ4v) is 4.49. The number of thiophene rings is 1. The van der Waals surface area contributed by atoms with E-state index in [4.69, 9.17) is 12.2 Å². The third-order valence-corrected chi connectivity index (χ3v) is 5.65. The molecule has 1 aliphatic rings. The predicted octanol–water partition coefficient (Wildman–Crippen LogP) is 5.31. The van der Waals surface area contributed by atoms with Crippen molar-refractivity contribution in [3.05, 3.63) is 69.8 Å². The van der Waals surface area contributed by atoms with Gasteiger partial charge in [0.25, 0.3) is 5.91 Å². The first-order valence-electron chi connectivity index (χ1n) is 7.02. The molecule has 1 aromatic heterocycles. The molecule has 1 aliphatic heterocycles. The number of thiocarbonyl (C=S) groups is 1. The summed E-state index contributed by atoms with van der Waals surface area (Å²) in [5, 5.41) is 6.14. The first kappa shape index (κ1) is 14.6. The fraction of sp³-hybridized carbons (Fsp3) is 0. The highest BCUT2D eigenvalue weighted by atomic mass is 32.2. The SMILES string of the molecule is O=C1C(=Cc2ccsc2)SC(=S)N1c1cccc2ccccc12. The molecule has 3 aromatic rings. The summed E-state index contributed by atoms with van der Waals surface area (Å²) in [6.45, 7) is 0. The zero-order chi connectivity index (χ0) is 15.8. The molecule has 1 saturated heterocycles. The highest BCUT2D eigenvalue weighted by Gasteiger charge is 2.34. The van der Waals surface area contributed by atoms with Crippen molar-refractivity contribution in [3.63, 3.8) is 0 Å². The van der Waals surface area contributed by atoms with Crippen LogP contribution in [0.5, 0.6) is 0 Å². The van der Waals surface area contributed by atoms with Crippen LogP contribution >= 0.6 is 35.3 Å². The van der Waals surface area contributed by atoms with E-state index in [9.17, 15) is 4.79 Å². The second kappa shape index (κ2) is 5.92. The third kappa shape index (κ3) is 2.61. The van der Waals surface area contributed by atoms with Crippen LogP contribution in [-0.4, -0.2) is 10.2 Å². The normalized spacial score (nSPS) is 16.7. The van der Waals surface area contributed by atoms with Gasteiger partial charge in [-0.25, -0.2) is 0 Å². The quantitative estimate of drug-likeness (QED) is 0.460. The molecule has 1 fully saturated rings. The molecule has 1 amide bonds. The molecule has 2 heterocycles. The summed E-state index contributed by atoms with van der Waals surface area (Å²) in [7, 11) is 0. The Bertz CT molecular complexity index is 939. The van der Waals surface area contributed by atoms with E-state index < -0.39 is 0 Å². The van der Waals surface area contributed by atoms with E-state index in [2.05, 4.69) is 0 Å². The Morgan fingerprint density at radius 1 is 1.04 bits per heavy atom. The van der Waals surface area contributed by atoms with Gasteiger partial charge in [-0.05, 0) is 39.9 Å². The van der Waals surface area contributed by atoms with Gasteiger partial charge in [0, 0.05) is 5.39 Å². The molecule has 4 rings (SSSR count). The summed E-state index contributed by atoms with van der Waals surface area (Å²) in [6.07, 6.45) is 1.90. The summed E-state index contributed by atoms with van der Waals surface area (Å²) < 4.78 is 0.577. The van der Waals surface area contributed by atoms with Crippen molar-refractivity contribution in [2.45, 2.75) is 0 Å². The monoisotopic (exact) mass is 353 g/mol. The highest BCUT2D eigenvalue weighted by molar-refractivity contribution is 8.27. The van der Waals surface area contributed by atoms with Gasteiger partial charge in [0.15, 0.2) is 4.32 Å². The largest absolute Gasteiger partial charge is 0.270 e. The van der Waals surface area contributed by atoms with Crippen molar-refractivity contribution in [3.8, 4) is 0 Å². The van der Waals surface area contributed by atoms with E-state index >= 15 is 0 Å². The molecule has 0 aliphatic carbocycles. The minimum Gasteiger partial charge on any atom is -0.268 e. The number of anilines is 1. The van der Waals surface area contributed by atoms with Gasteiger partial charge in [-0.1, -0.05) is 60.4 Å². The maximum absolute atomic E-state index is 12.8. The van der Waals surface area contributed by atoms with Crippen LogP contribution in [0.3, 0.4) is 0 Å². The zero-order valence-electron chi connectivity index (χ0n) is 11.9. The van der Waals surface area contributed by atoms with Crippen LogP contribution in [0.2, 0.25) is 0 Å². The zero-order valence-corrected chi connectivity index (χ0v) is 14.4. The standard InChI is InChI=1S/C18H11NOS3/c20-17-16(10-12-8-9-22-11-12)23-18(21)19(17)15-7-3-5-13-4-1-2-6-14(13)15/h1-11H. The lowest BCUT2D eigenvalue weighted by Crippen LogP contribution is -2.27. The Balaban J connectivity index is 1.80. The summed E-state index contributed by atoms with van der Waals surface area (Å²) in [5.41, 5.74) is 1.88. The van der Waals surface area contributed by atoms with E-state index in [-0.39, 0.29) is 5.91 Å². The van der Waals surface area contributed by atoms with Gasteiger partial charge in [-0.2, -0.15) is 11.3 Å². The number of rotatable bonds is 2. The predicted molar refractivity (Wildman–Crippen MR) is 104 cm³/mol. The Kier molecular flexibility index (Phi) is 3.77. The second-order valence-corrected chi connectivity index (χ2v) is 7.53. The second-order valence-electron chi connectivity index (χ2n) is 5.07. The van der Waals surface area contributed by atoms with Gasteiger partial charge in [0.2, 0.25) is 0 Å². The molecule has 23 heavy (non-hydrogen) atoms. The van der Waals surface area contributed by atoms with Crippen LogP contribution in [0.25, 0.3) is 16.8 Å². The number of nitrogens with zero attached hydrogens (tertiary/aromatic N) is 1. The van der Waals surface area contributed by atoms with Gasteiger partial charge in [-0.15, -0.1) is 0 Å². The Morgan fingerprint density at radius 3 is 2.70 bits per heavy atom. The molecule has 0 unspecified atom stereocenters. The molecule has 0 N–H and O–H groups in total. The summed E-state index contributed by atoms with van der Waals surface area (Å²) in [6, 6.07) is 16.0. The van der Waals surface area contributed by atoms with Crippen LogP contribution < -0.4 is 4.90 Å². The lowest BCUT2D eigenvalue weighted by Gasteiger charge is -2.17. The molecular weight excluding hydrogens is 342 g/mol. The summed E-state index contributed by atoms with van der Waals surface area (Å²) >= 11 is 8.43. The molecule has 0 radical (unpaired) electrons. The maximum Gasteiger partial charge on any atom is 0.270 e. The summed E-state index contributed by atoms with van der Waals surface area (Å²) in [5.74, 6) is -0.0532. The molecule has 2 aromatic carbocycles. The lowest BCUT2D eigenvalue weighted by molar-refractivity contribution is -0.113. The molecular formula is C18H11NOS3. The third-order valence-electron chi connectivity index (χ3n) is 3.64. The number of benzene rings is 2. The van der Waals surface area contributed by atoms with Gasteiger partial charge >= 0.3 is 0 Å². The molecule has 0 saturated carbocycles. The number of hydrogen-bond donors (Lipinski definition) is 0. The number of carbonyl (C=O) groups excluding carboxylic acids is 1. The molecule has 112 valence electrons. The van der Waals surface area contributed by atoms with E-state index in [1.165, 1.54) is 11.8 Å². The lowest BCUT2D eigenvalue weighted by atomic mass is 10.1. The van der Waals surface area contributed by atoms with Crippen molar-refractivity contribution in [1.82, 2.24) is 0 Å². The first-order valence-corrected chi connectivity index (χ1v) is 9.19. The maximum atomic E-state index is 12.8. The number of fused-ring (bicyclic) bond motifs is 1. The molecule has 0 atom stereocenters. The number of thioether (sulfide) groups is 1. The van der Waals surface area contributed by atoms with Crippen molar-refractivity contribution < 1.29 is 4.79 Å². The van der Waals surface area contributed by atoms with Crippen LogP contribution in [0.15, 0.2) is 64.2 Å². The van der Waals surface area contributed by atoms with Crippen LogP contribution in [0.1, 0.15) is 5.56 Å². The fourth-order valence-electron chi connectivity index (χ4n) is 2.59. The van der Waals surface area contributed by atoms with E-state index in [0.29, 0.717) is 9.23 Å². The van der Waals surface area contributed by atoms with E-state index in [0.717, 1.165) is 22.0 Å². The summed E-state index contributed by atoms with van der Waals surface area (Å²) in [4.78, 5) is 15.1. The molecule has 5 heteroatoms. The van der Waals surface area contributed by atoms with Gasteiger partial charge in [0.05, 0.1) is 10.6 Å². The minimum absolute atomic E-state index is 0.0532. The number of amides is 1. The van der Waals surface area contributed by atoms with Crippen LogP contribution in [0.4, 0.5) is 5.69 Å². The van der Waals surface area contributed by atoms with Crippen molar-refractivity contribution in [1.29, 1.82) is 0 Å². The van der Waals surface area contributed by atoms with E-state index in [1.54, 1.807) is 16.2 Å². The van der Waals surface area contributed by atoms with Crippen molar-refractivity contribution in [2.75, 3.05) is 4.90 Å².